The predicted octanol–water partition coefficient (Wildman–Crippen LogP) is 0.754. The number of aromatic nitrogens is 2. The van der Waals surface area contributed by atoms with E-state index in [4.69, 9.17) is 14.6 Å². The molecule has 0 aliphatic rings. The summed E-state index contributed by atoms with van der Waals surface area (Å²) < 4.78 is 9.95. The number of carbonyl (C=O) groups is 1. The van der Waals surface area contributed by atoms with Crippen molar-refractivity contribution < 1.29 is 19.4 Å². The Kier molecular flexibility index (Phi) is 3.43. The average molecular weight is 212 g/mol. The maximum Gasteiger partial charge on any atom is 0.374 e. The number of hydrogen-bond donors (Lipinski definition) is 1. The lowest BCUT2D eigenvalue weighted by Gasteiger charge is -2.09. The molecule has 6 nitrogen and oxygen atoms in total. The lowest BCUT2D eigenvalue weighted by atomic mass is 10.2. The fourth-order valence-corrected chi connectivity index (χ4v) is 1.18. The highest BCUT2D eigenvalue weighted by Crippen LogP contribution is 2.25. The molecule has 0 bridgehead atoms. The van der Waals surface area contributed by atoms with E-state index in [0.717, 1.165) is 0 Å². The summed E-state index contributed by atoms with van der Waals surface area (Å²) in [6.07, 6.45) is 0.603. The second kappa shape index (κ2) is 4.59. The Bertz CT molecular complexity index is 353. The fraction of sp³-hybridized carbons (Fsp3) is 0.444. The van der Waals surface area contributed by atoms with Crippen molar-refractivity contribution >= 4 is 5.97 Å². The Morgan fingerprint density at radius 2 is 1.73 bits per heavy atom. The summed E-state index contributed by atoms with van der Waals surface area (Å²) >= 11 is 0. The van der Waals surface area contributed by atoms with Gasteiger partial charge < -0.3 is 14.6 Å². The van der Waals surface area contributed by atoms with Gasteiger partial charge in [-0.05, 0) is 6.42 Å². The first-order chi connectivity index (χ1) is 7.13. The molecule has 0 spiro atoms. The van der Waals surface area contributed by atoms with E-state index in [2.05, 4.69) is 9.97 Å². The highest BCUT2D eigenvalue weighted by atomic mass is 16.5. The van der Waals surface area contributed by atoms with Crippen molar-refractivity contribution in [3.63, 3.8) is 0 Å². The van der Waals surface area contributed by atoms with Crippen molar-refractivity contribution in [2.45, 2.75) is 13.3 Å². The quantitative estimate of drug-likeness (QED) is 0.793. The minimum atomic E-state index is -1.21. The van der Waals surface area contributed by atoms with E-state index in [1.807, 2.05) is 6.92 Å². The van der Waals surface area contributed by atoms with Crippen LogP contribution in [0.4, 0.5) is 0 Å². The molecule has 82 valence electrons. The lowest BCUT2D eigenvalue weighted by Crippen LogP contribution is -2.09. The van der Waals surface area contributed by atoms with Crippen molar-refractivity contribution in [1.82, 2.24) is 9.97 Å². The van der Waals surface area contributed by atoms with Crippen molar-refractivity contribution in [1.29, 1.82) is 0 Å². The summed E-state index contributed by atoms with van der Waals surface area (Å²) in [5.41, 5.74) is 0.657. The summed E-state index contributed by atoms with van der Waals surface area (Å²) in [6, 6.07) is 0. The monoisotopic (exact) mass is 212 g/mol. The molecular formula is C9H12N2O4. The first-order valence-corrected chi connectivity index (χ1v) is 4.36. The molecule has 0 saturated heterocycles. The summed E-state index contributed by atoms with van der Waals surface area (Å²) in [5.74, 6) is -1.07. The SMILES string of the molecule is CCc1c(OC)nc(C(=O)O)nc1OC. The van der Waals surface area contributed by atoms with Crippen LogP contribution in [-0.2, 0) is 6.42 Å². The van der Waals surface area contributed by atoms with Gasteiger partial charge in [0.05, 0.1) is 19.8 Å². The number of methoxy groups -OCH3 is 2. The molecule has 1 N–H and O–H groups in total. The zero-order chi connectivity index (χ0) is 11.4. The summed E-state index contributed by atoms with van der Waals surface area (Å²) in [6.45, 7) is 1.88. The van der Waals surface area contributed by atoms with Crippen LogP contribution in [0.3, 0.4) is 0 Å². The number of ether oxygens (including phenoxy) is 2. The normalized spacial score (nSPS) is 9.80. The van der Waals surface area contributed by atoms with Crippen LogP contribution in [-0.4, -0.2) is 35.3 Å². The lowest BCUT2D eigenvalue weighted by molar-refractivity contribution is 0.0681. The molecule has 0 atom stereocenters. The van der Waals surface area contributed by atoms with E-state index in [0.29, 0.717) is 12.0 Å². The third-order valence-electron chi connectivity index (χ3n) is 1.86. The minimum absolute atomic E-state index is 0.238. The summed E-state index contributed by atoms with van der Waals surface area (Å²) in [7, 11) is 2.85. The average Bonchev–Trinajstić information content (AvgIpc) is 2.26. The summed E-state index contributed by atoms with van der Waals surface area (Å²) in [4.78, 5) is 18.2. The third-order valence-corrected chi connectivity index (χ3v) is 1.86. The number of aromatic carboxylic acids is 1. The predicted molar refractivity (Wildman–Crippen MR) is 51.5 cm³/mol. The maximum absolute atomic E-state index is 10.7. The molecular weight excluding hydrogens is 200 g/mol. The van der Waals surface area contributed by atoms with Crippen LogP contribution in [0.15, 0.2) is 0 Å². The molecule has 0 amide bonds. The Morgan fingerprint density at radius 1 is 1.27 bits per heavy atom. The van der Waals surface area contributed by atoms with Gasteiger partial charge in [-0.2, -0.15) is 9.97 Å². The standard InChI is InChI=1S/C9H12N2O4/c1-4-5-7(14-2)10-6(9(12)13)11-8(5)15-3/h4H2,1-3H3,(H,12,13). The van der Waals surface area contributed by atoms with E-state index in [1.54, 1.807) is 0 Å². The highest BCUT2D eigenvalue weighted by molar-refractivity contribution is 5.83. The van der Waals surface area contributed by atoms with Crippen molar-refractivity contribution in [3.8, 4) is 11.8 Å². The molecule has 0 aliphatic heterocycles. The third kappa shape index (κ3) is 2.15. The van der Waals surface area contributed by atoms with Crippen LogP contribution in [0.5, 0.6) is 11.8 Å². The van der Waals surface area contributed by atoms with Gasteiger partial charge in [0, 0.05) is 0 Å². The van der Waals surface area contributed by atoms with E-state index in [1.165, 1.54) is 14.2 Å². The first kappa shape index (κ1) is 11.2. The van der Waals surface area contributed by atoms with E-state index < -0.39 is 5.97 Å². The molecule has 1 heterocycles. The Balaban J connectivity index is 3.35. The maximum atomic E-state index is 10.7. The number of nitrogens with zero attached hydrogens (tertiary/aromatic N) is 2. The molecule has 0 aromatic carbocycles. The van der Waals surface area contributed by atoms with Gasteiger partial charge in [-0.1, -0.05) is 6.92 Å². The number of carboxylic acid groups (broad SMARTS) is 1. The zero-order valence-corrected chi connectivity index (χ0v) is 8.77. The van der Waals surface area contributed by atoms with Crippen LogP contribution in [0.1, 0.15) is 23.1 Å². The van der Waals surface area contributed by atoms with Crippen LogP contribution in [0.2, 0.25) is 0 Å². The molecule has 15 heavy (non-hydrogen) atoms. The number of carboxylic acids is 1. The smallest absolute Gasteiger partial charge is 0.374 e. The highest BCUT2D eigenvalue weighted by Gasteiger charge is 2.17. The zero-order valence-electron chi connectivity index (χ0n) is 8.77. The Labute approximate surface area is 86.9 Å². The van der Waals surface area contributed by atoms with Gasteiger partial charge in [0.1, 0.15) is 0 Å². The molecule has 0 fully saturated rings. The van der Waals surface area contributed by atoms with Crippen molar-refractivity contribution in [3.05, 3.63) is 11.4 Å². The second-order valence-corrected chi connectivity index (χ2v) is 2.70. The van der Waals surface area contributed by atoms with E-state index >= 15 is 0 Å². The van der Waals surface area contributed by atoms with E-state index in [9.17, 15) is 4.79 Å². The Hall–Kier alpha value is -1.85. The van der Waals surface area contributed by atoms with Crippen LogP contribution in [0.25, 0.3) is 0 Å². The first-order valence-electron chi connectivity index (χ1n) is 4.36. The number of rotatable bonds is 4. The molecule has 0 radical (unpaired) electrons. The topological polar surface area (TPSA) is 81.5 Å². The number of hydrogen-bond acceptors (Lipinski definition) is 5. The molecule has 0 unspecified atom stereocenters. The van der Waals surface area contributed by atoms with Crippen LogP contribution < -0.4 is 9.47 Å². The molecule has 0 saturated carbocycles. The molecule has 1 aromatic rings. The van der Waals surface area contributed by atoms with Gasteiger partial charge in [-0.25, -0.2) is 4.79 Å². The van der Waals surface area contributed by atoms with Gasteiger partial charge in [0.15, 0.2) is 0 Å². The molecule has 1 rings (SSSR count). The fourth-order valence-electron chi connectivity index (χ4n) is 1.18. The summed E-state index contributed by atoms with van der Waals surface area (Å²) in [5, 5.41) is 8.75. The van der Waals surface area contributed by atoms with Gasteiger partial charge >= 0.3 is 5.97 Å². The van der Waals surface area contributed by atoms with Crippen LogP contribution in [0, 0.1) is 0 Å². The second-order valence-electron chi connectivity index (χ2n) is 2.70. The Morgan fingerprint density at radius 3 is 2.00 bits per heavy atom. The molecule has 6 heteroatoms. The minimum Gasteiger partial charge on any atom is -0.481 e. The molecule has 0 aliphatic carbocycles. The van der Waals surface area contributed by atoms with Crippen molar-refractivity contribution in [2.24, 2.45) is 0 Å². The molecule has 1 aromatic heterocycles. The van der Waals surface area contributed by atoms with Crippen LogP contribution >= 0.6 is 0 Å². The van der Waals surface area contributed by atoms with Gasteiger partial charge in [-0.3, -0.25) is 0 Å². The van der Waals surface area contributed by atoms with E-state index in [-0.39, 0.29) is 17.6 Å². The largest absolute Gasteiger partial charge is 0.481 e. The van der Waals surface area contributed by atoms with Crippen molar-refractivity contribution in [2.75, 3.05) is 14.2 Å². The van der Waals surface area contributed by atoms with Gasteiger partial charge in [0.2, 0.25) is 17.6 Å². The van der Waals surface area contributed by atoms with Gasteiger partial charge in [0.25, 0.3) is 0 Å². The van der Waals surface area contributed by atoms with Gasteiger partial charge in [-0.15, -0.1) is 0 Å².